The number of benzene rings is 1. The van der Waals surface area contributed by atoms with Gasteiger partial charge >= 0.3 is 5.97 Å². The molecule has 1 aromatic heterocycles. The van der Waals surface area contributed by atoms with Crippen molar-refractivity contribution < 1.29 is 14.7 Å². The molecule has 0 aliphatic heterocycles. The van der Waals surface area contributed by atoms with Gasteiger partial charge in [0.2, 0.25) is 5.91 Å². The van der Waals surface area contributed by atoms with Gasteiger partial charge in [0.25, 0.3) is 0 Å². The van der Waals surface area contributed by atoms with Crippen LogP contribution in [0.25, 0.3) is 0 Å². The van der Waals surface area contributed by atoms with Crippen LogP contribution < -0.4 is 5.32 Å². The van der Waals surface area contributed by atoms with E-state index in [9.17, 15) is 9.59 Å². The first-order chi connectivity index (χ1) is 9.04. The van der Waals surface area contributed by atoms with E-state index in [0.717, 1.165) is 11.3 Å². The van der Waals surface area contributed by atoms with Crippen LogP contribution in [0.15, 0.2) is 29.6 Å². The Morgan fingerprint density at radius 1 is 1.42 bits per heavy atom. The molecule has 0 atom stereocenters. The van der Waals surface area contributed by atoms with E-state index in [2.05, 4.69) is 10.3 Å². The van der Waals surface area contributed by atoms with Crippen molar-refractivity contribution in [3.05, 3.63) is 45.4 Å². The summed E-state index contributed by atoms with van der Waals surface area (Å²) >= 11 is 6.94. The molecule has 5 nitrogen and oxygen atoms in total. The van der Waals surface area contributed by atoms with Crippen molar-refractivity contribution in [1.82, 2.24) is 4.98 Å². The molecule has 0 saturated carbocycles. The van der Waals surface area contributed by atoms with Gasteiger partial charge in [-0.2, -0.15) is 0 Å². The molecular formula is C12H9ClN2O3S. The molecule has 2 aromatic rings. The summed E-state index contributed by atoms with van der Waals surface area (Å²) in [6.45, 7) is 0. The van der Waals surface area contributed by atoms with E-state index in [0.29, 0.717) is 15.7 Å². The molecule has 2 N–H and O–H groups in total. The Bertz CT molecular complexity index is 627. The van der Waals surface area contributed by atoms with Crippen molar-refractivity contribution in [2.45, 2.75) is 6.42 Å². The van der Waals surface area contributed by atoms with Crippen LogP contribution in [0, 0.1) is 0 Å². The second-order valence-electron chi connectivity index (χ2n) is 3.67. The van der Waals surface area contributed by atoms with Gasteiger partial charge in [0.1, 0.15) is 5.01 Å². The number of aromatic carboxylic acids is 1. The number of carboxylic acid groups (broad SMARTS) is 1. The van der Waals surface area contributed by atoms with Gasteiger partial charge in [-0.3, -0.25) is 4.79 Å². The molecule has 98 valence electrons. The van der Waals surface area contributed by atoms with Crippen LogP contribution in [-0.2, 0) is 11.2 Å². The highest BCUT2D eigenvalue weighted by Crippen LogP contribution is 2.16. The fraction of sp³-hybridized carbons (Fsp3) is 0.0833. The molecule has 0 saturated heterocycles. The van der Waals surface area contributed by atoms with Crippen LogP contribution >= 0.6 is 22.9 Å². The van der Waals surface area contributed by atoms with E-state index in [-0.39, 0.29) is 18.0 Å². The second-order valence-corrected chi connectivity index (χ2v) is 5.05. The van der Waals surface area contributed by atoms with Gasteiger partial charge in [0, 0.05) is 16.1 Å². The largest absolute Gasteiger partial charge is 0.476 e. The highest BCUT2D eigenvalue weighted by molar-refractivity contribution is 7.09. The zero-order valence-corrected chi connectivity index (χ0v) is 11.2. The first-order valence-electron chi connectivity index (χ1n) is 5.28. The van der Waals surface area contributed by atoms with E-state index in [1.54, 1.807) is 24.3 Å². The number of hydrogen-bond donors (Lipinski definition) is 2. The average molecular weight is 297 g/mol. The zero-order valence-electron chi connectivity index (χ0n) is 9.59. The molecule has 1 heterocycles. The van der Waals surface area contributed by atoms with Gasteiger partial charge in [-0.1, -0.05) is 17.7 Å². The first kappa shape index (κ1) is 13.5. The van der Waals surface area contributed by atoms with E-state index < -0.39 is 5.97 Å². The monoisotopic (exact) mass is 296 g/mol. The topological polar surface area (TPSA) is 79.3 Å². The van der Waals surface area contributed by atoms with Crippen molar-refractivity contribution >= 4 is 40.5 Å². The van der Waals surface area contributed by atoms with E-state index in [1.165, 1.54) is 5.38 Å². The van der Waals surface area contributed by atoms with Crippen LogP contribution in [0.1, 0.15) is 15.5 Å². The predicted octanol–water partition coefficient (Wildman–Crippen LogP) is 2.68. The Balaban J connectivity index is 1.99. The molecule has 0 radical (unpaired) electrons. The van der Waals surface area contributed by atoms with Crippen LogP contribution in [0.5, 0.6) is 0 Å². The standard InChI is InChI=1S/C12H9ClN2O3S/c13-7-2-1-3-8(4-7)14-10(16)5-11-15-9(6-19-11)12(17)18/h1-4,6H,5H2,(H,14,16)(H,17,18). The number of amides is 1. The number of rotatable bonds is 4. The lowest BCUT2D eigenvalue weighted by Crippen LogP contribution is -2.14. The maximum Gasteiger partial charge on any atom is 0.355 e. The number of halogens is 1. The van der Waals surface area contributed by atoms with Crippen molar-refractivity contribution in [2.24, 2.45) is 0 Å². The number of nitrogens with zero attached hydrogens (tertiary/aromatic N) is 1. The Kier molecular flexibility index (Phi) is 4.13. The number of thiazole rings is 1. The summed E-state index contributed by atoms with van der Waals surface area (Å²) < 4.78 is 0. The van der Waals surface area contributed by atoms with E-state index >= 15 is 0 Å². The van der Waals surface area contributed by atoms with Gasteiger partial charge in [-0.15, -0.1) is 11.3 Å². The molecule has 0 bridgehead atoms. The second kappa shape index (κ2) is 5.81. The Hall–Kier alpha value is -1.92. The highest BCUT2D eigenvalue weighted by atomic mass is 35.5. The summed E-state index contributed by atoms with van der Waals surface area (Å²) in [7, 11) is 0. The maximum atomic E-state index is 11.7. The van der Waals surface area contributed by atoms with Gasteiger partial charge in [-0.25, -0.2) is 9.78 Å². The third kappa shape index (κ3) is 3.77. The molecule has 1 amide bonds. The molecule has 1 aromatic carbocycles. The van der Waals surface area contributed by atoms with Gasteiger partial charge < -0.3 is 10.4 Å². The van der Waals surface area contributed by atoms with Crippen molar-refractivity contribution in [1.29, 1.82) is 0 Å². The molecule has 7 heteroatoms. The van der Waals surface area contributed by atoms with Gasteiger partial charge in [-0.05, 0) is 18.2 Å². The molecular weight excluding hydrogens is 288 g/mol. The Labute approximate surface area is 117 Å². The number of carbonyl (C=O) groups excluding carboxylic acids is 1. The number of nitrogens with one attached hydrogen (secondary N) is 1. The molecule has 0 spiro atoms. The third-order valence-corrected chi connectivity index (χ3v) is 3.27. The summed E-state index contributed by atoms with van der Waals surface area (Å²) in [5, 5.41) is 13.8. The average Bonchev–Trinajstić information content (AvgIpc) is 2.77. The van der Waals surface area contributed by atoms with E-state index in [1.807, 2.05) is 0 Å². The number of carbonyl (C=O) groups is 2. The smallest absolute Gasteiger partial charge is 0.355 e. The Morgan fingerprint density at radius 2 is 2.21 bits per heavy atom. The molecule has 0 fully saturated rings. The molecule has 0 aliphatic carbocycles. The van der Waals surface area contributed by atoms with Crippen LogP contribution in [-0.4, -0.2) is 22.0 Å². The minimum atomic E-state index is -1.10. The molecule has 0 aliphatic rings. The number of anilines is 1. The SMILES string of the molecule is O=C(Cc1nc(C(=O)O)cs1)Nc1cccc(Cl)c1. The number of hydrogen-bond acceptors (Lipinski definition) is 4. The quantitative estimate of drug-likeness (QED) is 0.909. The molecule has 2 rings (SSSR count). The van der Waals surface area contributed by atoms with Crippen LogP contribution in [0.2, 0.25) is 5.02 Å². The van der Waals surface area contributed by atoms with Crippen LogP contribution in [0.4, 0.5) is 5.69 Å². The minimum Gasteiger partial charge on any atom is -0.476 e. The summed E-state index contributed by atoms with van der Waals surface area (Å²) in [6, 6.07) is 6.78. The highest BCUT2D eigenvalue weighted by Gasteiger charge is 2.11. The normalized spacial score (nSPS) is 10.2. The maximum absolute atomic E-state index is 11.7. The summed E-state index contributed by atoms with van der Waals surface area (Å²) in [4.78, 5) is 26.2. The molecule has 19 heavy (non-hydrogen) atoms. The van der Waals surface area contributed by atoms with Gasteiger partial charge in [0.15, 0.2) is 5.69 Å². The van der Waals surface area contributed by atoms with Crippen molar-refractivity contribution in [2.75, 3.05) is 5.32 Å². The number of carboxylic acids is 1. The van der Waals surface area contributed by atoms with Crippen molar-refractivity contribution in [3.63, 3.8) is 0 Å². The van der Waals surface area contributed by atoms with E-state index in [4.69, 9.17) is 16.7 Å². The third-order valence-electron chi connectivity index (χ3n) is 2.19. The lowest BCUT2D eigenvalue weighted by molar-refractivity contribution is -0.115. The van der Waals surface area contributed by atoms with Crippen LogP contribution in [0.3, 0.4) is 0 Å². The lowest BCUT2D eigenvalue weighted by Gasteiger charge is -2.03. The van der Waals surface area contributed by atoms with Gasteiger partial charge in [0.05, 0.1) is 6.42 Å². The fourth-order valence-electron chi connectivity index (χ4n) is 1.40. The summed E-state index contributed by atoms with van der Waals surface area (Å²) in [5.74, 6) is -1.37. The first-order valence-corrected chi connectivity index (χ1v) is 6.53. The Morgan fingerprint density at radius 3 is 2.84 bits per heavy atom. The minimum absolute atomic E-state index is 0.0322. The zero-order chi connectivity index (χ0) is 13.8. The predicted molar refractivity (Wildman–Crippen MR) is 72.9 cm³/mol. The fourth-order valence-corrected chi connectivity index (χ4v) is 2.36. The summed E-state index contributed by atoms with van der Waals surface area (Å²) in [6.07, 6.45) is 0.0322. The lowest BCUT2D eigenvalue weighted by atomic mass is 10.3. The summed E-state index contributed by atoms with van der Waals surface area (Å²) in [5.41, 5.74) is 0.545. The number of aromatic nitrogens is 1. The molecule has 0 unspecified atom stereocenters. The van der Waals surface area contributed by atoms with Crippen molar-refractivity contribution in [3.8, 4) is 0 Å².